The summed E-state index contributed by atoms with van der Waals surface area (Å²) in [5.74, 6) is 2.24. The number of hydrogen-bond donors (Lipinski definition) is 0. The molecule has 7 heteroatoms. The summed E-state index contributed by atoms with van der Waals surface area (Å²) in [6.45, 7) is 0. The first-order chi connectivity index (χ1) is 13.1. The molecule has 0 saturated carbocycles. The molecule has 4 rings (SSSR count). The Labute approximate surface area is 154 Å². The summed E-state index contributed by atoms with van der Waals surface area (Å²) in [6.07, 6.45) is 1.73. The Hall–Kier alpha value is -3.35. The van der Waals surface area contributed by atoms with Gasteiger partial charge in [-0.15, -0.1) is 0 Å². The van der Waals surface area contributed by atoms with Crippen molar-refractivity contribution in [3.63, 3.8) is 0 Å². The lowest BCUT2D eigenvalue weighted by Crippen LogP contribution is -2.14. The van der Waals surface area contributed by atoms with Crippen LogP contribution in [0.15, 0.2) is 29.2 Å². The van der Waals surface area contributed by atoms with Crippen molar-refractivity contribution in [1.82, 2.24) is 4.40 Å². The number of pyridine rings is 1. The lowest BCUT2D eigenvalue weighted by molar-refractivity contribution is 0.327. The van der Waals surface area contributed by atoms with Crippen molar-refractivity contribution in [2.24, 2.45) is 0 Å². The molecule has 27 heavy (non-hydrogen) atoms. The molecule has 0 unspecified atom stereocenters. The van der Waals surface area contributed by atoms with Gasteiger partial charge in [-0.1, -0.05) is 0 Å². The van der Waals surface area contributed by atoms with Crippen LogP contribution in [0.25, 0.3) is 27.1 Å². The third-order valence-electron chi connectivity index (χ3n) is 4.85. The minimum Gasteiger partial charge on any atom is -0.493 e. The molecular weight excluding hydrogens is 350 g/mol. The van der Waals surface area contributed by atoms with Gasteiger partial charge in [0.15, 0.2) is 23.0 Å². The first-order valence-corrected chi connectivity index (χ1v) is 8.25. The van der Waals surface area contributed by atoms with Gasteiger partial charge < -0.3 is 23.7 Å². The second kappa shape index (κ2) is 6.12. The quantitative estimate of drug-likeness (QED) is 0.504. The van der Waals surface area contributed by atoms with Crippen LogP contribution in [0, 0.1) is 0 Å². The summed E-state index contributed by atoms with van der Waals surface area (Å²) in [4.78, 5) is 13.3. The Kier molecular flexibility index (Phi) is 3.87. The van der Waals surface area contributed by atoms with Crippen LogP contribution in [-0.2, 0) is 0 Å². The first-order valence-electron chi connectivity index (χ1n) is 8.25. The van der Waals surface area contributed by atoms with E-state index in [4.69, 9.17) is 23.7 Å². The molecule has 0 aliphatic rings. The maximum Gasteiger partial charge on any atom is 0.266 e. The predicted molar refractivity (Wildman–Crippen MR) is 103 cm³/mol. The Morgan fingerprint density at radius 2 is 1.37 bits per heavy atom. The highest BCUT2D eigenvalue weighted by atomic mass is 16.5. The van der Waals surface area contributed by atoms with E-state index in [1.54, 1.807) is 30.9 Å². The van der Waals surface area contributed by atoms with Crippen molar-refractivity contribution in [3.05, 3.63) is 34.7 Å². The van der Waals surface area contributed by atoms with Crippen molar-refractivity contribution < 1.29 is 23.7 Å². The molecular formula is C20H19NO6. The van der Waals surface area contributed by atoms with E-state index in [1.807, 2.05) is 12.1 Å². The Bertz CT molecular complexity index is 1230. The number of nitrogens with zero attached hydrogens (tertiary/aromatic N) is 1. The summed E-state index contributed by atoms with van der Waals surface area (Å²) in [5.41, 5.74) is 0.539. The van der Waals surface area contributed by atoms with Crippen molar-refractivity contribution in [2.45, 2.75) is 0 Å². The Balaban J connectivity index is 2.40. The van der Waals surface area contributed by atoms with Gasteiger partial charge in [-0.2, -0.15) is 0 Å². The number of methoxy groups -OCH3 is 5. The number of aromatic nitrogens is 1. The van der Waals surface area contributed by atoms with Gasteiger partial charge in [-0.25, -0.2) is 0 Å². The van der Waals surface area contributed by atoms with Crippen LogP contribution in [0.2, 0.25) is 0 Å². The third-order valence-corrected chi connectivity index (χ3v) is 4.85. The summed E-state index contributed by atoms with van der Waals surface area (Å²) < 4.78 is 29.2. The largest absolute Gasteiger partial charge is 0.493 e. The number of rotatable bonds is 5. The molecule has 0 amide bonds. The third kappa shape index (κ3) is 2.11. The maximum atomic E-state index is 13.3. The molecule has 0 radical (unpaired) electrons. The monoisotopic (exact) mass is 369 g/mol. The molecule has 0 bridgehead atoms. The number of hydrogen-bond acceptors (Lipinski definition) is 6. The number of ether oxygens (including phenoxy) is 5. The van der Waals surface area contributed by atoms with E-state index in [1.165, 1.54) is 21.3 Å². The fourth-order valence-electron chi connectivity index (χ4n) is 3.73. The molecule has 0 aliphatic heterocycles. The summed E-state index contributed by atoms with van der Waals surface area (Å²) in [7, 11) is 7.69. The Morgan fingerprint density at radius 1 is 0.741 bits per heavy atom. The van der Waals surface area contributed by atoms with Gasteiger partial charge in [0.1, 0.15) is 0 Å². The van der Waals surface area contributed by atoms with Gasteiger partial charge in [0, 0.05) is 17.0 Å². The molecule has 2 aromatic carbocycles. The molecule has 7 nitrogen and oxygen atoms in total. The second-order valence-corrected chi connectivity index (χ2v) is 5.98. The van der Waals surface area contributed by atoms with Crippen molar-refractivity contribution in [1.29, 1.82) is 0 Å². The number of benzene rings is 2. The topological polar surface area (TPSA) is 67.6 Å². The molecule has 0 N–H and O–H groups in total. The molecule has 0 fully saturated rings. The highest BCUT2D eigenvalue weighted by Crippen LogP contribution is 2.48. The van der Waals surface area contributed by atoms with Crippen LogP contribution in [-0.4, -0.2) is 39.9 Å². The van der Waals surface area contributed by atoms with Gasteiger partial charge in [0.25, 0.3) is 5.56 Å². The highest BCUT2D eigenvalue weighted by Gasteiger charge is 2.25. The van der Waals surface area contributed by atoms with Gasteiger partial charge in [-0.3, -0.25) is 9.20 Å². The lowest BCUT2D eigenvalue weighted by atomic mass is 10.0. The van der Waals surface area contributed by atoms with Gasteiger partial charge >= 0.3 is 0 Å². The van der Waals surface area contributed by atoms with E-state index in [9.17, 15) is 4.79 Å². The van der Waals surface area contributed by atoms with Gasteiger partial charge in [-0.05, 0) is 18.2 Å². The summed E-state index contributed by atoms with van der Waals surface area (Å²) in [6, 6.07) is 5.48. The maximum absolute atomic E-state index is 13.3. The van der Waals surface area contributed by atoms with Crippen LogP contribution < -0.4 is 29.2 Å². The van der Waals surface area contributed by atoms with Crippen molar-refractivity contribution in [2.75, 3.05) is 35.5 Å². The minimum absolute atomic E-state index is 0.211. The van der Waals surface area contributed by atoms with Crippen LogP contribution in [0.5, 0.6) is 28.7 Å². The molecule has 0 saturated heterocycles. The van der Waals surface area contributed by atoms with E-state index in [2.05, 4.69) is 0 Å². The average molecular weight is 369 g/mol. The molecule has 4 aromatic rings. The zero-order valence-electron chi connectivity index (χ0n) is 15.7. The average Bonchev–Trinajstić information content (AvgIpc) is 3.13. The standard InChI is InChI=1S/C20H19NO6/c1-23-12-8-10-6-7-21-16(10)14(17(12)25-3)11-9-13(24-2)18(26-4)19(27-5)15(11)20(21)22/h6-9H,1-5H3. The molecule has 2 heterocycles. The zero-order valence-corrected chi connectivity index (χ0v) is 15.7. The molecule has 140 valence electrons. The van der Waals surface area contributed by atoms with E-state index in [0.717, 1.165) is 16.3 Å². The van der Waals surface area contributed by atoms with E-state index in [-0.39, 0.29) is 5.56 Å². The van der Waals surface area contributed by atoms with Crippen LogP contribution in [0.3, 0.4) is 0 Å². The summed E-state index contributed by atoms with van der Waals surface area (Å²) >= 11 is 0. The van der Waals surface area contributed by atoms with Crippen molar-refractivity contribution >= 4 is 27.1 Å². The zero-order chi connectivity index (χ0) is 19.3. The summed E-state index contributed by atoms with van der Waals surface area (Å²) in [5, 5.41) is 2.63. The molecule has 0 aliphatic carbocycles. The molecule has 2 aromatic heterocycles. The number of fused-ring (bicyclic) bond motifs is 2. The normalized spacial score (nSPS) is 11.3. The highest BCUT2D eigenvalue weighted by molar-refractivity contribution is 6.17. The molecule has 0 atom stereocenters. The molecule has 0 spiro atoms. The fraction of sp³-hybridized carbons (Fsp3) is 0.250. The van der Waals surface area contributed by atoms with Gasteiger partial charge in [0.05, 0.1) is 51.8 Å². The van der Waals surface area contributed by atoms with E-state index >= 15 is 0 Å². The second-order valence-electron chi connectivity index (χ2n) is 5.98. The van der Waals surface area contributed by atoms with E-state index in [0.29, 0.717) is 39.5 Å². The minimum atomic E-state index is -0.211. The van der Waals surface area contributed by atoms with Crippen LogP contribution in [0.4, 0.5) is 0 Å². The smallest absolute Gasteiger partial charge is 0.266 e. The SMILES string of the molecule is COc1cc2c(c(OC)c1OC)c(=O)n1ccc3cc(OC)c(OC)c2c31. The lowest BCUT2D eigenvalue weighted by Gasteiger charge is -2.18. The van der Waals surface area contributed by atoms with Crippen LogP contribution in [0.1, 0.15) is 0 Å². The Morgan fingerprint density at radius 3 is 1.96 bits per heavy atom. The van der Waals surface area contributed by atoms with Crippen LogP contribution >= 0.6 is 0 Å². The first kappa shape index (κ1) is 17.1. The van der Waals surface area contributed by atoms with Crippen molar-refractivity contribution in [3.8, 4) is 28.7 Å². The van der Waals surface area contributed by atoms with Gasteiger partial charge in [0.2, 0.25) is 5.75 Å². The van der Waals surface area contributed by atoms with E-state index < -0.39 is 0 Å². The predicted octanol–water partition coefficient (Wildman–Crippen LogP) is 3.09. The fourth-order valence-corrected chi connectivity index (χ4v) is 3.73.